The lowest BCUT2D eigenvalue weighted by atomic mass is 10.1. The molecule has 9 nitrogen and oxygen atoms in total. The summed E-state index contributed by atoms with van der Waals surface area (Å²) in [5, 5.41) is 9.44. The molecule has 2 amide bonds. The number of aromatic nitrogens is 1. The molecule has 134 valence electrons. The van der Waals surface area contributed by atoms with Gasteiger partial charge in [0, 0.05) is 12.6 Å². The zero-order chi connectivity index (χ0) is 17.2. The maximum absolute atomic E-state index is 12.2. The van der Waals surface area contributed by atoms with Gasteiger partial charge in [0.1, 0.15) is 11.9 Å². The average Bonchev–Trinajstić information content (AvgIpc) is 3.01. The van der Waals surface area contributed by atoms with Gasteiger partial charge in [0.15, 0.2) is 18.2 Å². The molecule has 0 bridgehead atoms. The fourth-order valence-electron chi connectivity index (χ4n) is 3.24. The highest BCUT2D eigenvalue weighted by Gasteiger charge is 2.34. The third kappa shape index (κ3) is 3.52. The quantitative estimate of drug-likeness (QED) is 0.708. The zero-order valence-electron chi connectivity index (χ0n) is 13.8. The lowest BCUT2D eigenvalue weighted by Gasteiger charge is -2.24. The molecule has 0 spiro atoms. The van der Waals surface area contributed by atoms with Gasteiger partial charge in [-0.3, -0.25) is 9.69 Å². The Bertz CT molecular complexity index is 676. The summed E-state index contributed by atoms with van der Waals surface area (Å²) in [5.74, 6) is 1.02. The fraction of sp³-hybridized carbons (Fsp3) is 0.562. The van der Waals surface area contributed by atoms with E-state index in [2.05, 4.69) is 20.9 Å². The van der Waals surface area contributed by atoms with Gasteiger partial charge in [0.05, 0.1) is 6.54 Å². The number of rotatable bonds is 4. The first-order valence-corrected chi connectivity index (χ1v) is 8.55. The van der Waals surface area contributed by atoms with Crippen molar-refractivity contribution in [1.29, 1.82) is 0 Å². The smallest absolute Gasteiger partial charge is 0.416 e. The average molecular weight is 347 g/mol. The van der Waals surface area contributed by atoms with Crippen LogP contribution in [0.1, 0.15) is 12.8 Å². The number of pyridine rings is 1. The van der Waals surface area contributed by atoms with E-state index in [4.69, 9.17) is 9.47 Å². The SMILES string of the molecule is O=C1COc2ccc(N3CC(CNC4CCNCC4)OC3=O)nc2N1. The zero-order valence-corrected chi connectivity index (χ0v) is 13.8. The molecule has 0 aliphatic carbocycles. The van der Waals surface area contributed by atoms with Crippen LogP contribution in [0.25, 0.3) is 0 Å². The molecule has 0 radical (unpaired) electrons. The first-order valence-electron chi connectivity index (χ1n) is 8.55. The Labute approximate surface area is 145 Å². The first-order chi connectivity index (χ1) is 12.2. The number of fused-ring (bicyclic) bond motifs is 1. The summed E-state index contributed by atoms with van der Waals surface area (Å²) in [6.45, 7) is 3.06. The second-order valence-corrected chi connectivity index (χ2v) is 6.40. The largest absolute Gasteiger partial charge is 0.480 e. The Morgan fingerprint density at radius 2 is 2.12 bits per heavy atom. The van der Waals surface area contributed by atoms with Crippen molar-refractivity contribution in [3.05, 3.63) is 12.1 Å². The van der Waals surface area contributed by atoms with E-state index in [-0.39, 0.29) is 18.6 Å². The number of nitrogens with one attached hydrogen (secondary N) is 3. The van der Waals surface area contributed by atoms with E-state index >= 15 is 0 Å². The Kier molecular flexibility index (Phi) is 4.41. The first kappa shape index (κ1) is 16.1. The van der Waals surface area contributed by atoms with E-state index in [1.54, 1.807) is 12.1 Å². The molecule has 2 saturated heterocycles. The second kappa shape index (κ2) is 6.85. The molecule has 0 aromatic carbocycles. The van der Waals surface area contributed by atoms with Crippen LogP contribution in [0, 0.1) is 0 Å². The van der Waals surface area contributed by atoms with Crippen molar-refractivity contribution in [3.63, 3.8) is 0 Å². The number of nitrogens with zero attached hydrogens (tertiary/aromatic N) is 2. The van der Waals surface area contributed by atoms with Gasteiger partial charge in [-0.2, -0.15) is 0 Å². The normalized spacial score (nSPS) is 23.7. The van der Waals surface area contributed by atoms with Crippen LogP contribution in [0.5, 0.6) is 5.75 Å². The maximum Gasteiger partial charge on any atom is 0.416 e. The van der Waals surface area contributed by atoms with E-state index in [9.17, 15) is 9.59 Å². The summed E-state index contributed by atoms with van der Waals surface area (Å²) in [7, 11) is 0. The summed E-state index contributed by atoms with van der Waals surface area (Å²) in [4.78, 5) is 29.4. The van der Waals surface area contributed by atoms with Crippen LogP contribution < -0.4 is 25.6 Å². The van der Waals surface area contributed by atoms with Gasteiger partial charge in [0.25, 0.3) is 5.91 Å². The van der Waals surface area contributed by atoms with Crippen molar-refractivity contribution in [1.82, 2.24) is 15.6 Å². The topological polar surface area (TPSA) is 105 Å². The molecule has 3 aliphatic rings. The van der Waals surface area contributed by atoms with Crippen LogP contribution in [-0.4, -0.2) is 61.9 Å². The summed E-state index contributed by atoms with van der Waals surface area (Å²) in [6.07, 6.45) is 1.52. The van der Waals surface area contributed by atoms with Crippen LogP contribution in [0.4, 0.5) is 16.4 Å². The summed E-state index contributed by atoms with van der Waals surface area (Å²) in [6, 6.07) is 3.86. The Morgan fingerprint density at radius 1 is 1.28 bits per heavy atom. The van der Waals surface area contributed by atoms with Crippen LogP contribution in [0.15, 0.2) is 12.1 Å². The van der Waals surface area contributed by atoms with Crippen molar-refractivity contribution in [2.24, 2.45) is 0 Å². The van der Waals surface area contributed by atoms with E-state index in [0.29, 0.717) is 36.5 Å². The van der Waals surface area contributed by atoms with Crippen molar-refractivity contribution >= 4 is 23.6 Å². The molecule has 1 atom stereocenters. The minimum atomic E-state index is -0.424. The summed E-state index contributed by atoms with van der Waals surface area (Å²) in [5.41, 5.74) is 0. The molecule has 1 aromatic rings. The Hall–Kier alpha value is -2.39. The predicted octanol–water partition coefficient (Wildman–Crippen LogP) is 0.0793. The van der Waals surface area contributed by atoms with E-state index < -0.39 is 6.09 Å². The number of amides is 2. The highest BCUT2D eigenvalue weighted by molar-refractivity contribution is 5.95. The van der Waals surface area contributed by atoms with Crippen molar-refractivity contribution in [2.45, 2.75) is 25.0 Å². The lowest BCUT2D eigenvalue weighted by Crippen LogP contribution is -2.43. The van der Waals surface area contributed by atoms with E-state index in [1.807, 2.05) is 0 Å². The fourth-order valence-corrected chi connectivity index (χ4v) is 3.24. The molecule has 3 aliphatic heterocycles. The third-order valence-electron chi connectivity index (χ3n) is 4.58. The second-order valence-electron chi connectivity index (χ2n) is 6.40. The minimum absolute atomic E-state index is 0.0236. The van der Waals surface area contributed by atoms with Gasteiger partial charge in [-0.15, -0.1) is 0 Å². The number of cyclic esters (lactones) is 1. The lowest BCUT2D eigenvalue weighted by molar-refractivity contribution is -0.118. The Morgan fingerprint density at radius 3 is 2.96 bits per heavy atom. The Balaban J connectivity index is 1.38. The van der Waals surface area contributed by atoms with Crippen LogP contribution >= 0.6 is 0 Å². The van der Waals surface area contributed by atoms with Gasteiger partial charge in [-0.25, -0.2) is 9.78 Å². The number of carbonyl (C=O) groups is 2. The van der Waals surface area contributed by atoms with Gasteiger partial charge >= 0.3 is 6.09 Å². The third-order valence-corrected chi connectivity index (χ3v) is 4.58. The predicted molar refractivity (Wildman–Crippen MR) is 89.9 cm³/mol. The standard InChI is InChI=1S/C16H21N5O4/c22-14-9-24-12-1-2-13(19-15(12)20-14)21-8-11(25-16(21)23)7-18-10-3-5-17-6-4-10/h1-2,10-11,17-18H,3-9H2,(H,19,20,22). The molecular formula is C16H21N5O4. The molecule has 1 unspecified atom stereocenters. The van der Waals surface area contributed by atoms with Gasteiger partial charge in [-0.1, -0.05) is 0 Å². The number of anilines is 2. The van der Waals surface area contributed by atoms with Crippen molar-refractivity contribution < 1.29 is 19.1 Å². The summed E-state index contributed by atoms with van der Waals surface area (Å²) < 4.78 is 10.7. The molecule has 2 fully saturated rings. The molecular weight excluding hydrogens is 326 g/mol. The van der Waals surface area contributed by atoms with Crippen molar-refractivity contribution in [3.8, 4) is 5.75 Å². The van der Waals surface area contributed by atoms with Crippen molar-refractivity contribution in [2.75, 3.05) is 43.0 Å². The summed E-state index contributed by atoms with van der Waals surface area (Å²) >= 11 is 0. The van der Waals surface area contributed by atoms with Crippen LogP contribution in [-0.2, 0) is 9.53 Å². The molecule has 1 aromatic heterocycles. The molecule has 25 heavy (non-hydrogen) atoms. The number of carbonyl (C=O) groups excluding carboxylic acids is 2. The van der Waals surface area contributed by atoms with E-state index in [1.165, 1.54) is 4.90 Å². The van der Waals surface area contributed by atoms with Gasteiger partial charge in [0.2, 0.25) is 0 Å². The van der Waals surface area contributed by atoms with Gasteiger partial charge in [-0.05, 0) is 38.1 Å². The minimum Gasteiger partial charge on any atom is -0.480 e. The molecule has 3 N–H and O–H groups in total. The number of hydrogen-bond acceptors (Lipinski definition) is 7. The highest BCUT2D eigenvalue weighted by atomic mass is 16.6. The van der Waals surface area contributed by atoms with Gasteiger partial charge < -0.3 is 25.4 Å². The van der Waals surface area contributed by atoms with E-state index in [0.717, 1.165) is 25.9 Å². The highest BCUT2D eigenvalue weighted by Crippen LogP contribution is 2.29. The van der Waals surface area contributed by atoms with Crippen LogP contribution in [0.3, 0.4) is 0 Å². The molecule has 9 heteroatoms. The van der Waals surface area contributed by atoms with Crippen LogP contribution in [0.2, 0.25) is 0 Å². The number of hydrogen-bond donors (Lipinski definition) is 3. The molecule has 4 rings (SSSR count). The number of ether oxygens (including phenoxy) is 2. The monoisotopic (exact) mass is 347 g/mol. The maximum atomic E-state index is 12.2. The molecule has 4 heterocycles. The number of piperidine rings is 1. The molecule has 0 saturated carbocycles.